The van der Waals surface area contributed by atoms with E-state index in [0.29, 0.717) is 24.6 Å². The molecule has 1 aliphatic rings. The molecule has 3 rings (SSSR count). The lowest BCUT2D eigenvalue weighted by Crippen LogP contribution is -2.29. The molecule has 0 saturated heterocycles. The maximum absolute atomic E-state index is 12.7. The van der Waals surface area contributed by atoms with Gasteiger partial charge in [0.05, 0.1) is 14.2 Å². The van der Waals surface area contributed by atoms with Crippen LogP contribution in [0.15, 0.2) is 36.5 Å². The molecule has 0 bridgehead atoms. The molecule has 1 amide bonds. The van der Waals surface area contributed by atoms with E-state index in [1.54, 1.807) is 20.3 Å². The van der Waals surface area contributed by atoms with Gasteiger partial charge in [-0.05, 0) is 49.2 Å². The molecule has 0 atom stereocenters. The number of fused-ring (bicyclic) bond motifs is 2. The molecule has 1 aromatic carbocycles. The highest BCUT2D eigenvalue weighted by molar-refractivity contribution is 6.00. The Labute approximate surface area is 148 Å². The zero-order chi connectivity index (χ0) is 18.0. The fourth-order valence-electron chi connectivity index (χ4n) is 3.32. The summed E-state index contributed by atoms with van der Waals surface area (Å²) in [5.74, 6) is 1.39. The number of aromatic nitrogens is 1. The van der Waals surface area contributed by atoms with Crippen LogP contribution in [0.4, 0.5) is 0 Å². The molecule has 25 heavy (non-hydrogen) atoms. The Hall–Kier alpha value is -2.69. The van der Waals surface area contributed by atoms with Gasteiger partial charge in [-0.3, -0.25) is 4.79 Å². The Morgan fingerprint density at radius 3 is 2.52 bits per heavy atom. The summed E-state index contributed by atoms with van der Waals surface area (Å²) in [7, 11) is 3.26. The van der Waals surface area contributed by atoms with Crippen LogP contribution in [0.25, 0.3) is 5.57 Å². The first-order valence-corrected chi connectivity index (χ1v) is 8.54. The summed E-state index contributed by atoms with van der Waals surface area (Å²) in [6.45, 7) is 6.11. The fraction of sp³-hybridized carbons (Fsp3) is 0.350. The summed E-state index contributed by atoms with van der Waals surface area (Å²) in [5, 5.41) is 0. The minimum Gasteiger partial charge on any atom is -0.493 e. The summed E-state index contributed by atoms with van der Waals surface area (Å²) >= 11 is 0. The van der Waals surface area contributed by atoms with E-state index >= 15 is 0 Å². The van der Waals surface area contributed by atoms with E-state index in [9.17, 15) is 4.79 Å². The second kappa shape index (κ2) is 7.05. The Kier molecular flexibility index (Phi) is 4.83. The van der Waals surface area contributed by atoms with Crippen molar-refractivity contribution >= 4 is 11.5 Å². The van der Waals surface area contributed by atoms with Crippen molar-refractivity contribution in [3.63, 3.8) is 0 Å². The van der Waals surface area contributed by atoms with Crippen LogP contribution in [0.2, 0.25) is 0 Å². The predicted molar refractivity (Wildman–Crippen MR) is 98.1 cm³/mol. The van der Waals surface area contributed by atoms with Crippen LogP contribution in [0.1, 0.15) is 30.7 Å². The molecule has 2 aromatic rings. The minimum absolute atomic E-state index is 0.0235. The molecule has 1 aliphatic heterocycles. The number of ether oxygens (including phenoxy) is 2. The normalized spacial score (nSPS) is 14.0. The first-order valence-electron chi connectivity index (χ1n) is 8.54. The molecule has 2 heterocycles. The Bertz CT molecular complexity index is 816. The standard InChI is InChI=1S/C20H24N2O3/c1-5-21(6-2)20(23)12-16-15-11-19(25-4)18(24-3)10-14(15)13-22-9-7-8-17(16)22/h7-12H,5-6,13H2,1-4H3/b16-12+. The molecule has 0 saturated carbocycles. The van der Waals surface area contributed by atoms with Crippen molar-refractivity contribution in [2.24, 2.45) is 0 Å². The van der Waals surface area contributed by atoms with E-state index in [0.717, 1.165) is 28.9 Å². The monoisotopic (exact) mass is 340 g/mol. The minimum atomic E-state index is 0.0235. The van der Waals surface area contributed by atoms with Crippen molar-refractivity contribution in [2.45, 2.75) is 20.4 Å². The van der Waals surface area contributed by atoms with Crippen molar-refractivity contribution < 1.29 is 14.3 Å². The van der Waals surface area contributed by atoms with E-state index in [1.807, 2.05) is 49.2 Å². The number of hydrogen-bond donors (Lipinski definition) is 0. The molecule has 1 aromatic heterocycles. The number of amides is 1. The molecular weight excluding hydrogens is 316 g/mol. The van der Waals surface area contributed by atoms with Crippen molar-refractivity contribution in [2.75, 3.05) is 27.3 Å². The summed E-state index contributed by atoms with van der Waals surface area (Å²) in [6.07, 6.45) is 3.77. The Morgan fingerprint density at radius 2 is 1.88 bits per heavy atom. The number of benzene rings is 1. The van der Waals surface area contributed by atoms with Gasteiger partial charge in [-0.25, -0.2) is 0 Å². The van der Waals surface area contributed by atoms with E-state index in [4.69, 9.17) is 9.47 Å². The van der Waals surface area contributed by atoms with Gasteiger partial charge in [-0.1, -0.05) is 0 Å². The number of methoxy groups -OCH3 is 2. The van der Waals surface area contributed by atoms with Gasteiger partial charge < -0.3 is 18.9 Å². The van der Waals surface area contributed by atoms with Gasteiger partial charge >= 0.3 is 0 Å². The topological polar surface area (TPSA) is 43.7 Å². The lowest BCUT2D eigenvalue weighted by molar-refractivity contribution is -0.125. The van der Waals surface area contributed by atoms with Crippen LogP contribution < -0.4 is 9.47 Å². The maximum atomic E-state index is 12.7. The van der Waals surface area contributed by atoms with Crippen LogP contribution in [0, 0.1) is 0 Å². The third-order valence-electron chi connectivity index (χ3n) is 4.69. The van der Waals surface area contributed by atoms with Crippen LogP contribution in [-0.4, -0.2) is 42.7 Å². The lowest BCUT2D eigenvalue weighted by atomic mass is 9.92. The number of hydrogen-bond acceptors (Lipinski definition) is 3. The summed E-state index contributed by atoms with van der Waals surface area (Å²) in [5.41, 5.74) is 4.09. The fourth-order valence-corrected chi connectivity index (χ4v) is 3.32. The Morgan fingerprint density at radius 1 is 1.20 bits per heavy atom. The molecule has 0 spiro atoms. The molecule has 132 valence electrons. The molecular formula is C20H24N2O3. The average Bonchev–Trinajstić information content (AvgIpc) is 3.09. The molecule has 0 unspecified atom stereocenters. The first kappa shape index (κ1) is 17.1. The van der Waals surface area contributed by atoms with Gasteiger partial charge in [-0.2, -0.15) is 0 Å². The van der Waals surface area contributed by atoms with Gasteiger partial charge in [0.1, 0.15) is 0 Å². The molecule has 5 nitrogen and oxygen atoms in total. The molecule has 0 radical (unpaired) electrons. The maximum Gasteiger partial charge on any atom is 0.247 e. The van der Waals surface area contributed by atoms with E-state index in [-0.39, 0.29) is 5.91 Å². The van der Waals surface area contributed by atoms with Crippen LogP contribution in [0.5, 0.6) is 11.5 Å². The highest BCUT2D eigenvalue weighted by Crippen LogP contribution is 2.39. The second-order valence-electron chi connectivity index (χ2n) is 5.95. The summed E-state index contributed by atoms with van der Waals surface area (Å²) in [6, 6.07) is 8.01. The Balaban J connectivity index is 2.15. The zero-order valence-corrected chi connectivity index (χ0v) is 15.2. The van der Waals surface area contributed by atoms with E-state index in [1.165, 1.54) is 0 Å². The highest BCUT2D eigenvalue weighted by atomic mass is 16.5. The zero-order valence-electron chi connectivity index (χ0n) is 15.2. The third kappa shape index (κ3) is 3.02. The number of carbonyl (C=O) groups excluding carboxylic acids is 1. The van der Waals surface area contributed by atoms with Gasteiger partial charge in [-0.15, -0.1) is 0 Å². The van der Waals surface area contributed by atoms with Gasteiger partial charge in [0.15, 0.2) is 11.5 Å². The van der Waals surface area contributed by atoms with Crippen molar-refractivity contribution in [3.8, 4) is 11.5 Å². The number of rotatable bonds is 5. The number of nitrogens with zero attached hydrogens (tertiary/aromatic N) is 2. The number of carbonyl (C=O) groups is 1. The van der Waals surface area contributed by atoms with E-state index in [2.05, 4.69) is 4.57 Å². The largest absolute Gasteiger partial charge is 0.493 e. The van der Waals surface area contributed by atoms with Crippen molar-refractivity contribution in [1.82, 2.24) is 9.47 Å². The molecule has 0 N–H and O–H groups in total. The summed E-state index contributed by atoms with van der Waals surface area (Å²) in [4.78, 5) is 14.5. The van der Waals surface area contributed by atoms with Crippen molar-refractivity contribution in [1.29, 1.82) is 0 Å². The van der Waals surface area contributed by atoms with Gasteiger partial charge in [0, 0.05) is 43.2 Å². The third-order valence-corrected chi connectivity index (χ3v) is 4.69. The average molecular weight is 340 g/mol. The van der Waals surface area contributed by atoms with Crippen molar-refractivity contribution in [3.05, 3.63) is 53.4 Å². The quantitative estimate of drug-likeness (QED) is 0.670. The smallest absolute Gasteiger partial charge is 0.247 e. The van der Waals surface area contributed by atoms with Crippen LogP contribution >= 0.6 is 0 Å². The lowest BCUT2D eigenvalue weighted by Gasteiger charge is -2.25. The van der Waals surface area contributed by atoms with E-state index < -0.39 is 0 Å². The first-order chi connectivity index (χ1) is 12.1. The number of likely N-dealkylation sites (N-methyl/N-ethyl adjacent to an activating group) is 1. The van der Waals surface area contributed by atoms with Crippen LogP contribution in [0.3, 0.4) is 0 Å². The van der Waals surface area contributed by atoms with Gasteiger partial charge in [0.25, 0.3) is 0 Å². The molecule has 5 heteroatoms. The molecule has 0 aliphatic carbocycles. The predicted octanol–water partition coefficient (Wildman–Crippen LogP) is 3.17. The van der Waals surface area contributed by atoms with Gasteiger partial charge in [0.2, 0.25) is 5.91 Å². The second-order valence-corrected chi connectivity index (χ2v) is 5.95. The molecule has 0 fully saturated rings. The van der Waals surface area contributed by atoms with Crippen LogP contribution in [-0.2, 0) is 11.3 Å². The highest BCUT2D eigenvalue weighted by Gasteiger charge is 2.24. The summed E-state index contributed by atoms with van der Waals surface area (Å²) < 4.78 is 13.0. The SMILES string of the molecule is CCN(CC)C(=O)/C=C1\c2cc(OC)c(OC)cc2Cn2cccc21.